The maximum Gasteiger partial charge on any atom is 0.791 e. The van der Waals surface area contributed by atoms with Gasteiger partial charge in [-0.2, -0.15) is 9.61 Å². The standard InChI is InChI=1S/C6H9BO8.Na/c1-4(8)11-7(14-12-5(2)9)15-13-6(3)10;/h1-3H3;. The molecule has 10 heteroatoms. The quantitative estimate of drug-likeness (QED) is 0.349. The third-order valence-corrected chi connectivity index (χ3v) is 0.750. The molecule has 0 aliphatic rings. The fourth-order valence-electron chi connectivity index (χ4n) is 0.405. The number of hydrogen-bond donors (Lipinski definition) is 0. The first-order chi connectivity index (χ1) is 6.91. The summed E-state index contributed by atoms with van der Waals surface area (Å²) in [5.41, 5.74) is 0. The molecule has 1 radical (unpaired) electrons. The van der Waals surface area contributed by atoms with Crippen molar-refractivity contribution in [2.75, 3.05) is 0 Å². The molecule has 0 atom stereocenters. The van der Waals surface area contributed by atoms with E-state index >= 15 is 0 Å². The van der Waals surface area contributed by atoms with E-state index in [1.165, 1.54) is 0 Å². The molecular formula is C6H9BNaO8. The molecule has 0 saturated heterocycles. The molecule has 0 saturated carbocycles. The third kappa shape index (κ3) is 11.5. The summed E-state index contributed by atoms with van der Waals surface area (Å²) >= 11 is 0. The van der Waals surface area contributed by atoms with Crippen molar-refractivity contribution in [3.8, 4) is 0 Å². The molecule has 0 aromatic heterocycles. The molecule has 0 aromatic carbocycles. The summed E-state index contributed by atoms with van der Waals surface area (Å²) < 4.78 is 4.31. The number of carbonyl (C=O) groups excluding carboxylic acids is 3. The van der Waals surface area contributed by atoms with Crippen LogP contribution >= 0.6 is 0 Å². The van der Waals surface area contributed by atoms with Crippen LogP contribution in [-0.4, -0.2) is 54.8 Å². The van der Waals surface area contributed by atoms with E-state index < -0.39 is 25.2 Å². The first-order valence-corrected chi connectivity index (χ1v) is 3.77. The molecule has 0 N–H and O–H groups in total. The minimum atomic E-state index is -1.75. The Kier molecular flexibility index (Phi) is 10.7. The van der Waals surface area contributed by atoms with Crippen LogP contribution in [0.2, 0.25) is 0 Å². The Balaban J connectivity index is 0. The van der Waals surface area contributed by atoms with Crippen molar-refractivity contribution in [3.63, 3.8) is 0 Å². The van der Waals surface area contributed by atoms with Crippen molar-refractivity contribution < 1.29 is 38.4 Å². The molecule has 8 nitrogen and oxygen atoms in total. The molecule has 0 heterocycles. The van der Waals surface area contributed by atoms with Gasteiger partial charge in [0, 0.05) is 50.3 Å². The zero-order chi connectivity index (χ0) is 11.8. The number of carbonyl (C=O) groups is 3. The average Bonchev–Trinajstić information content (AvgIpc) is 2.08. The summed E-state index contributed by atoms with van der Waals surface area (Å²) in [5.74, 6) is -2.36. The second kappa shape index (κ2) is 9.61. The van der Waals surface area contributed by atoms with E-state index in [0.717, 1.165) is 20.8 Å². The maximum absolute atomic E-state index is 10.5. The van der Waals surface area contributed by atoms with Gasteiger partial charge in [-0.3, -0.25) is 4.79 Å². The summed E-state index contributed by atoms with van der Waals surface area (Å²) in [6.45, 7) is 3.16. The maximum atomic E-state index is 10.5. The van der Waals surface area contributed by atoms with E-state index in [-0.39, 0.29) is 29.6 Å². The van der Waals surface area contributed by atoms with E-state index in [0.29, 0.717) is 0 Å². The predicted molar refractivity (Wildman–Crippen MR) is 49.0 cm³/mol. The molecule has 0 rings (SSSR count). The van der Waals surface area contributed by atoms with Crippen molar-refractivity contribution >= 4 is 54.8 Å². The van der Waals surface area contributed by atoms with E-state index in [4.69, 9.17) is 0 Å². The topological polar surface area (TPSA) is 97.4 Å². The first-order valence-electron chi connectivity index (χ1n) is 3.77. The van der Waals surface area contributed by atoms with E-state index in [9.17, 15) is 14.4 Å². The van der Waals surface area contributed by atoms with Gasteiger partial charge < -0.3 is 14.4 Å². The van der Waals surface area contributed by atoms with Crippen molar-refractivity contribution in [3.05, 3.63) is 0 Å². The summed E-state index contributed by atoms with van der Waals surface area (Å²) in [6.07, 6.45) is 0. The molecule has 0 amide bonds. The fraction of sp³-hybridized carbons (Fsp3) is 0.500. The van der Waals surface area contributed by atoms with E-state index in [1.807, 2.05) is 0 Å². The summed E-state index contributed by atoms with van der Waals surface area (Å²) in [4.78, 5) is 47.5. The van der Waals surface area contributed by atoms with Crippen molar-refractivity contribution in [1.29, 1.82) is 0 Å². The van der Waals surface area contributed by atoms with Crippen molar-refractivity contribution in [2.24, 2.45) is 0 Å². The Morgan fingerprint density at radius 3 is 1.44 bits per heavy atom. The van der Waals surface area contributed by atoms with Gasteiger partial charge in [0.15, 0.2) is 0 Å². The fourth-order valence-corrected chi connectivity index (χ4v) is 0.405. The Hall–Kier alpha value is -0.605. The van der Waals surface area contributed by atoms with Gasteiger partial charge in [-0.1, -0.05) is 0 Å². The van der Waals surface area contributed by atoms with Crippen LogP contribution in [0, 0.1) is 0 Å². The zero-order valence-corrected chi connectivity index (χ0v) is 11.3. The molecule has 0 fully saturated rings. The summed E-state index contributed by atoms with van der Waals surface area (Å²) in [7, 11) is -1.75. The molecule has 85 valence electrons. The molecule has 0 aliphatic carbocycles. The van der Waals surface area contributed by atoms with Gasteiger partial charge >= 0.3 is 19.3 Å². The molecule has 0 bridgehead atoms. The third-order valence-electron chi connectivity index (χ3n) is 0.750. The van der Waals surface area contributed by atoms with Crippen LogP contribution in [0.3, 0.4) is 0 Å². The zero-order valence-electron chi connectivity index (χ0n) is 9.34. The minimum Gasteiger partial charge on any atom is -0.481 e. The summed E-state index contributed by atoms with van der Waals surface area (Å²) in [6, 6.07) is 0. The molecule has 0 spiro atoms. The van der Waals surface area contributed by atoms with Gasteiger partial charge in [-0.05, 0) is 0 Å². The van der Waals surface area contributed by atoms with Crippen molar-refractivity contribution in [2.45, 2.75) is 20.8 Å². The van der Waals surface area contributed by atoms with Gasteiger partial charge in [0.25, 0.3) is 5.97 Å². The second-order valence-electron chi connectivity index (χ2n) is 2.24. The predicted octanol–water partition coefficient (Wildman–Crippen LogP) is -0.857. The normalized spacial score (nSPS) is 8.44. The molecule has 0 aromatic rings. The van der Waals surface area contributed by atoms with Gasteiger partial charge in [0.1, 0.15) is 0 Å². The van der Waals surface area contributed by atoms with Gasteiger partial charge in [0.2, 0.25) is 0 Å². The Labute approximate surface area is 114 Å². The molecular weight excluding hydrogens is 234 g/mol. The van der Waals surface area contributed by atoms with Crippen LogP contribution < -0.4 is 0 Å². The Morgan fingerprint density at radius 2 is 1.19 bits per heavy atom. The summed E-state index contributed by atoms with van der Waals surface area (Å²) in [5, 5.41) is 0. The van der Waals surface area contributed by atoms with E-state index in [1.54, 1.807) is 0 Å². The average molecular weight is 243 g/mol. The van der Waals surface area contributed by atoms with Crippen LogP contribution in [0.5, 0.6) is 0 Å². The van der Waals surface area contributed by atoms with Crippen LogP contribution in [0.15, 0.2) is 0 Å². The first kappa shape index (κ1) is 17.8. The van der Waals surface area contributed by atoms with Crippen molar-refractivity contribution in [1.82, 2.24) is 0 Å². The van der Waals surface area contributed by atoms with E-state index in [2.05, 4.69) is 24.0 Å². The molecule has 16 heavy (non-hydrogen) atoms. The number of hydrogen-bond acceptors (Lipinski definition) is 8. The molecule has 0 unspecified atom stereocenters. The van der Waals surface area contributed by atoms with Gasteiger partial charge in [0.05, 0.1) is 0 Å². The second-order valence-corrected chi connectivity index (χ2v) is 2.24. The van der Waals surface area contributed by atoms with Crippen LogP contribution in [-0.2, 0) is 38.4 Å². The smallest absolute Gasteiger partial charge is 0.481 e. The molecule has 0 aliphatic heterocycles. The van der Waals surface area contributed by atoms with Crippen LogP contribution in [0.4, 0.5) is 0 Å². The minimum absolute atomic E-state index is 0. The van der Waals surface area contributed by atoms with Crippen LogP contribution in [0.1, 0.15) is 20.8 Å². The number of rotatable bonds is 5. The van der Waals surface area contributed by atoms with Gasteiger partial charge in [-0.15, -0.1) is 0 Å². The van der Waals surface area contributed by atoms with Crippen LogP contribution in [0.25, 0.3) is 0 Å². The monoisotopic (exact) mass is 243 g/mol. The largest absolute Gasteiger partial charge is 0.791 e. The Bertz CT molecular complexity index is 239. The Morgan fingerprint density at radius 1 is 0.812 bits per heavy atom. The SMILES string of the molecule is CC(=O)OOB(OOC(C)=O)OC(C)=O.[Na]. The van der Waals surface area contributed by atoms with Gasteiger partial charge in [-0.25, -0.2) is 9.59 Å².